The first kappa shape index (κ1) is 7.86. The Morgan fingerprint density at radius 2 is 2.38 bits per heavy atom. The Morgan fingerprint density at radius 3 is 3.23 bits per heavy atom. The second kappa shape index (κ2) is 3.31. The predicted molar refractivity (Wildman–Crippen MR) is 53.1 cm³/mol. The van der Waals surface area contributed by atoms with E-state index in [2.05, 4.69) is 9.55 Å². The number of aromatic nitrogens is 2. The van der Waals surface area contributed by atoms with E-state index >= 15 is 0 Å². The Labute approximate surface area is 76.5 Å². The van der Waals surface area contributed by atoms with Gasteiger partial charge in [-0.3, -0.25) is 0 Å². The summed E-state index contributed by atoms with van der Waals surface area (Å²) in [5.41, 5.74) is 6.28. The molecule has 0 aliphatic carbocycles. The van der Waals surface area contributed by atoms with Crippen molar-refractivity contribution in [1.82, 2.24) is 9.55 Å². The second-order valence-electron chi connectivity index (χ2n) is 2.81. The van der Waals surface area contributed by atoms with E-state index in [1.165, 1.54) is 0 Å². The first-order chi connectivity index (χ1) is 6.42. The van der Waals surface area contributed by atoms with Gasteiger partial charge in [-0.15, -0.1) is 0 Å². The van der Waals surface area contributed by atoms with Gasteiger partial charge in [-0.25, -0.2) is 4.98 Å². The minimum Gasteiger partial charge on any atom is -0.405 e. The number of nitrogens with two attached hydrogens (primary N) is 1. The van der Waals surface area contributed by atoms with E-state index in [0.717, 1.165) is 17.6 Å². The SMILES string of the molecule is N/C=C/Cn1ccc2cccnc21. The van der Waals surface area contributed by atoms with Crippen LogP contribution in [0.3, 0.4) is 0 Å². The van der Waals surface area contributed by atoms with Crippen LogP contribution in [-0.4, -0.2) is 9.55 Å². The molecule has 0 spiro atoms. The molecule has 66 valence electrons. The maximum atomic E-state index is 5.27. The van der Waals surface area contributed by atoms with Crippen molar-refractivity contribution in [3.8, 4) is 0 Å². The van der Waals surface area contributed by atoms with Crippen molar-refractivity contribution < 1.29 is 0 Å². The fourth-order valence-corrected chi connectivity index (χ4v) is 1.34. The summed E-state index contributed by atoms with van der Waals surface area (Å²) in [5, 5.41) is 1.16. The van der Waals surface area contributed by atoms with Crippen LogP contribution in [0.25, 0.3) is 11.0 Å². The molecule has 0 aliphatic heterocycles. The van der Waals surface area contributed by atoms with Gasteiger partial charge >= 0.3 is 0 Å². The Hall–Kier alpha value is -1.77. The fourth-order valence-electron chi connectivity index (χ4n) is 1.34. The van der Waals surface area contributed by atoms with Crippen molar-refractivity contribution >= 4 is 11.0 Å². The van der Waals surface area contributed by atoms with Crippen LogP contribution in [0.1, 0.15) is 0 Å². The first-order valence-corrected chi connectivity index (χ1v) is 4.18. The average molecular weight is 173 g/mol. The quantitative estimate of drug-likeness (QED) is 0.748. The molecule has 2 aromatic heterocycles. The predicted octanol–water partition coefficient (Wildman–Crippen LogP) is 1.51. The minimum atomic E-state index is 0.775. The van der Waals surface area contributed by atoms with Crippen LogP contribution in [0.4, 0.5) is 0 Å². The zero-order valence-corrected chi connectivity index (χ0v) is 7.22. The number of rotatable bonds is 2. The van der Waals surface area contributed by atoms with Crippen LogP contribution < -0.4 is 5.73 Å². The Morgan fingerprint density at radius 1 is 1.46 bits per heavy atom. The largest absolute Gasteiger partial charge is 0.405 e. The number of fused-ring (bicyclic) bond motifs is 1. The summed E-state index contributed by atoms with van der Waals surface area (Å²) in [6.45, 7) is 0.775. The summed E-state index contributed by atoms with van der Waals surface area (Å²) in [7, 11) is 0. The highest BCUT2D eigenvalue weighted by Gasteiger charge is 1.97. The lowest BCUT2D eigenvalue weighted by molar-refractivity contribution is 0.848. The van der Waals surface area contributed by atoms with Gasteiger partial charge in [0.1, 0.15) is 5.65 Å². The molecular formula is C10H11N3. The van der Waals surface area contributed by atoms with Gasteiger partial charge in [-0.05, 0) is 30.5 Å². The van der Waals surface area contributed by atoms with E-state index < -0.39 is 0 Å². The molecule has 0 bridgehead atoms. The van der Waals surface area contributed by atoms with Crippen LogP contribution in [0.5, 0.6) is 0 Å². The van der Waals surface area contributed by atoms with E-state index in [9.17, 15) is 0 Å². The number of nitrogens with zero attached hydrogens (tertiary/aromatic N) is 2. The van der Waals surface area contributed by atoms with Crippen LogP contribution in [-0.2, 0) is 6.54 Å². The third-order valence-corrected chi connectivity index (χ3v) is 1.96. The van der Waals surface area contributed by atoms with Crippen molar-refractivity contribution in [1.29, 1.82) is 0 Å². The Balaban J connectivity index is 2.45. The Kier molecular flexibility index (Phi) is 2.00. The van der Waals surface area contributed by atoms with Gasteiger partial charge in [0, 0.05) is 24.3 Å². The van der Waals surface area contributed by atoms with Gasteiger partial charge in [-0.2, -0.15) is 0 Å². The van der Waals surface area contributed by atoms with Crippen LogP contribution >= 0.6 is 0 Å². The molecule has 0 atom stereocenters. The Bertz CT molecular complexity index is 428. The molecule has 0 radical (unpaired) electrons. The summed E-state index contributed by atoms with van der Waals surface area (Å²) in [6.07, 6.45) is 7.26. The van der Waals surface area contributed by atoms with Gasteiger partial charge in [0.25, 0.3) is 0 Å². The van der Waals surface area contributed by atoms with Gasteiger partial charge in [0.2, 0.25) is 0 Å². The highest BCUT2D eigenvalue weighted by atomic mass is 15.0. The van der Waals surface area contributed by atoms with E-state index in [1.807, 2.05) is 30.5 Å². The van der Waals surface area contributed by atoms with Crippen molar-refractivity contribution in [2.75, 3.05) is 0 Å². The van der Waals surface area contributed by atoms with Crippen LogP contribution in [0, 0.1) is 0 Å². The van der Waals surface area contributed by atoms with E-state index in [4.69, 9.17) is 5.73 Å². The standard InChI is InChI=1S/C10H11N3/c11-5-2-7-13-8-4-9-3-1-6-12-10(9)13/h1-6,8H,7,11H2/b5-2+. The summed E-state index contributed by atoms with van der Waals surface area (Å²) in [6, 6.07) is 6.03. The first-order valence-electron chi connectivity index (χ1n) is 4.18. The third kappa shape index (κ3) is 1.40. The molecule has 0 aliphatic rings. The van der Waals surface area contributed by atoms with Gasteiger partial charge < -0.3 is 10.3 Å². The second-order valence-corrected chi connectivity index (χ2v) is 2.81. The summed E-state index contributed by atoms with van der Waals surface area (Å²) >= 11 is 0. The maximum Gasteiger partial charge on any atom is 0.140 e. The highest BCUT2D eigenvalue weighted by molar-refractivity contribution is 5.75. The molecular weight excluding hydrogens is 162 g/mol. The molecule has 2 heterocycles. The minimum absolute atomic E-state index is 0.775. The number of hydrogen-bond acceptors (Lipinski definition) is 2. The van der Waals surface area contributed by atoms with Crippen molar-refractivity contribution in [3.63, 3.8) is 0 Å². The molecule has 0 aromatic carbocycles. The van der Waals surface area contributed by atoms with E-state index in [1.54, 1.807) is 12.4 Å². The average Bonchev–Trinajstić information content (AvgIpc) is 2.58. The molecule has 0 amide bonds. The van der Waals surface area contributed by atoms with Crippen LogP contribution in [0.2, 0.25) is 0 Å². The molecule has 0 fully saturated rings. The number of allylic oxidation sites excluding steroid dienone is 1. The molecule has 3 nitrogen and oxygen atoms in total. The smallest absolute Gasteiger partial charge is 0.140 e. The lowest BCUT2D eigenvalue weighted by Gasteiger charge is -1.98. The van der Waals surface area contributed by atoms with Gasteiger partial charge in [0.05, 0.1) is 0 Å². The molecule has 0 unspecified atom stereocenters. The van der Waals surface area contributed by atoms with Crippen molar-refractivity contribution in [2.24, 2.45) is 5.73 Å². The third-order valence-electron chi connectivity index (χ3n) is 1.96. The zero-order valence-electron chi connectivity index (χ0n) is 7.22. The van der Waals surface area contributed by atoms with Crippen molar-refractivity contribution in [3.05, 3.63) is 42.9 Å². The van der Waals surface area contributed by atoms with E-state index in [-0.39, 0.29) is 0 Å². The van der Waals surface area contributed by atoms with Gasteiger partial charge in [-0.1, -0.05) is 0 Å². The lowest BCUT2D eigenvalue weighted by atomic mass is 10.3. The molecule has 0 saturated carbocycles. The monoisotopic (exact) mass is 173 g/mol. The summed E-state index contributed by atoms with van der Waals surface area (Å²) in [4.78, 5) is 4.28. The summed E-state index contributed by atoms with van der Waals surface area (Å²) in [5.74, 6) is 0. The maximum absolute atomic E-state index is 5.27. The summed E-state index contributed by atoms with van der Waals surface area (Å²) < 4.78 is 2.05. The molecule has 2 N–H and O–H groups in total. The number of hydrogen-bond donors (Lipinski definition) is 1. The van der Waals surface area contributed by atoms with Crippen molar-refractivity contribution in [2.45, 2.75) is 6.54 Å². The van der Waals surface area contributed by atoms with Gasteiger partial charge in [0.15, 0.2) is 0 Å². The normalized spacial score (nSPS) is 11.4. The van der Waals surface area contributed by atoms with Crippen LogP contribution in [0.15, 0.2) is 42.9 Å². The highest BCUT2D eigenvalue weighted by Crippen LogP contribution is 2.11. The molecule has 2 rings (SSSR count). The zero-order chi connectivity index (χ0) is 9.10. The molecule has 0 saturated heterocycles. The number of pyridine rings is 1. The fraction of sp³-hybridized carbons (Fsp3) is 0.100. The molecule has 3 heteroatoms. The topological polar surface area (TPSA) is 43.8 Å². The molecule has 2 aromatic rings. The molecule has 13 heavy (non-hydrogen) atoms. The lowest BCUT2D eigenvalue weighted by Crippen LogP contribution is -1.94. The van der Waals surface area contributed by atoms with E-state index in [0.29, 0.717) is 0 Å².